The summed E-state index contributed by atoms with van der Waals surface area (Å²) in [6, 6.07) is 1.14. The van der Waals surface area contributed by atoms with Gasteiger partial charge in [-0.15, -0.1) is 0 Å². The van der Waals surface area contributed by atoms with Crippen LogP contribution >= 0.6 is 11.8 Å². The number of carbonyl (C=O) groups is 1. The van der Waals surface area contributed by atoms with Gasteiger partial charge in [0.1, 0.15) is 12.0 Å². The lowest BCUT2D eigenvalue weighted by atomic mass is 10.2. The van der Waals surface area contributed by atoms with Crippen molar-refractivity contribution >= 4 is 29.2 Å². The Kier molecular flexibility index (Phi) is 5.56. The lowest BCUT2D eigenvalue weighted by molar-refractivity contribution is -0.385. The molecule has 0 spiro atoms. The second-order valence-electron chi connectivity index (χ2n) is 4.15. The van der Waals surface area contributed by atoms with E-state index in [1.54, 1.807) is 11.8 Å². The summed E-state index contributed by atoms with van der Waals surface area (Å²) in [5, 5.41) is 13.3. The van der Waals surface area contributed by atoms with E-state index in [0.29, 0.717) is 12.5 Å². The van der Waals surface area contributed by atoms with E-state index in [0.717, 1.165) is 18.0 Å². The molecular formula is C11H16N4O3S. The second-order valence-corrected chi connectivity index (χ2v) is 5.06. The summed E-state index contributed by atoms with van der Waals surface area (Å²) in [7, 11) is 0. The van der Waals surface area contributed by atoms with Crippen molar-refractivity contribution in [2.24, 2.45) is 5.92 Å². The van der Waals surface area contributed by atoms with E-state index in [9.17, 15) is 14.9 Å². The molecule has 8 heteroatoms. The number of amides is 1. The van der Waals surface area contributed by atoms with Gasteiger partial charge < -0.3 is 11.1 Å². The van der Waals surface area contributed by atoms with Crippen molar-refractivity contribution in [2.45, 2.75) is 6.92 Å². The number of carbonyl (C=O) groups excluding carboxylic acids is 1. The number of rotatable bonds is 6. The molecule has 1 rings (SSSR count). The van der Waals surface area contributed by atoms with Crippen molar-refractivity contribution in [1.82, 2.24) is 10.3 Å². The Bertz CT molecular complexity index is 481. The first-order chi connectivity index (χ1) is 8.95. The number of hydrogen-bond donors (Lipinski definition) is 2. The van der Waals surface area contributed by atoms with Crippen LogP contribution in [0, 0.1) is 16.0 Å². The summed E-state index contributed by atoms with van der Waals surface area (Å²) in [5.74, 6) is 0.775. The molecule has 0 saturated carbocycles. The van der Waals surface area contributed by atoms with Crippen molar-refractivity contribution in [3.05, 3.63) is 27.9 Å². The molecule has 3 N–H and O–H groups in total. The molecule has 0 bridgehead atoms. The summed E-state index contributed by atoms with van der Waals surface area (Å²) in [4.78, 5) is 25.6. The van der Waals surface area contributed by atoms with Crippen LogP contribution < -0.4 is 11.1 Å². The van der Waals surface area contributed by atoms with Crippen LogP contribution in [0.3, 0.4) is 0 Å². The van der Waals surface area contributed by atoms with Gasteiger partial charge in [0.25, 0.3) is 11.6 Å². The number of hydrogen-bond acceptors (Lipinski definition) is 6. The Hall–Kier alpha value is -1.83. The molecule has 0 aromatic carbocycles. The molecule has 0 saturated heterocycles. The number of nitro groups is 1. The minimum absolute atomic E-state index is 0.0133. The predicted molar refractivity (Wildman–Crippen MR) is 75.2 cm³/mol. The van der Waals surface area contributed by atoms with Crippen molar-refractivity contribution < 1.29 is 9.72 Å². The van der Waals surface area contributed by atoms with E-state index >= 15 is 0 Å². The minimum Gasteiger partial charge on any atom is -0.383 e. The largest absolute Gasteiger partial charge is 0.383 e. The molecular weight excluding hydrogens is 268 g/mol. The number of nitrogens with one attached hydrogen (secondary N) is 1. The van der Waals surface area contributed by atoms with Crippen LogP contribution in [-0.2, 0) is 0 Å². The lowest BCUT2D eigenvalue weighted by Crippen LogP contribution is -2.30. The fourth-order valence-corrected chi connectivity index (χ4v) is 2.14. The zero-order chi connectivity index (χ0) is 14.4. The van der Waals surface area contributed by atoms with Crippen LogP contribution in [-0.4, -0.2) is 34.4 Å². The molecule has 0 aliphatic carbocycles. The quantitative estimate of drug-likeness (QED) is 0.601. The maximum absolute atomic E-state index is 11.9. The highest BCUT2D eigenvalue weighted by Gasteiger charge is 2.16. The average molecular weight is 284 g/mol. The highest BCUT2D eigenvalue weighted by molar-refractivity contribution is 7.98. The fraction of sp³-hybridized carbons (Fsp3) is 0.455. The van der Waals surface area contributed by atoms with E-state index in [1.807, 2.05) is 13.2 Å². The summed E-state index contributed by atoms with van der Waals surface area (Å²) >= 11 is 1.69. The minimum atomic E-state index is -0.612. The van der Waals surface area contributed by atoms with Gasteiger partial charge in [-0.1, -0.05) is 6.92 Å². The highest BCUT2D eigenvalue weighted by atomic mass is 32.2. The van der Waals surface area contributed by atoms with Gasteiger partial charge in [-0.2, -0.15) is 11.8 Å². The summed E-state index contributed by atoms with van der Waals surface area (Å²) < 4.78 is 0. The molecule has 19 heavy (non-hydrogen) atoms. The molecule has 1 unspecified atom stereocenters. The standard InChI is InChI=1S/C11H16N4O3S/c1-7(6-19-2)4-14-11(16)9-3-8(15(17)18)5-13-10(9)12/h3,5,7H,4,6H2,1-2H3,(H2,12,13)(H,14,16). The van der Waals surface area contributed by atoms with Gasteiger partial charge in [0, 0.05) is 12.6 Å². The predicted octanol–water partition coefficient (Wildman–Crippen LogP) is 1.30. The molecule has 7 nitrogen and oxygen atoms in total. The Morgan fingerprint density at radius 3 is 2.95 bits per heavy atom. The maximum atomic E-state index is 11.9. The summed E-state index contributed by atoms with van der Waals surface area (Å²) in [5.41, 5.74) is 5.34. The first kappa shape index (κ1) is 15.2. The third-order valence-electron chi connectivity index (χ3n) is 2.42. The molecule has 1 aromatic heterocycles. The smallest absolute Gasteiger partial charge is 0.288 e. The molecule has 1 amide bonds. The third kappa shape index (κ3) is 4.40. The van der Waals surface area contributed by atoms with Crippen LogP contribution in [0.2, 0.25) is 0 Å². The molecule has 1 atom stereocenters. The highest BCUT2D eigenvalue weighted by Crippen LogP contribution is 2.16. The fourth-order valence-electron chi connectivity index (χ4n) is 1.45. The van der Waals surface area contributed by atoms with Crippen LogP contribution in [0.25, 0.3) is 0 Å². The van der Waals surface area contributed by atoms with Crippen LogP contribution in [0.5, 0.6) is 0 Å². The number of nitrogen functional groups attached to an aromatic ring is 1. The van der Waals surface area contributed by atoms with Crippen LogP contribution in [0.4, 0.5) is 11.5 Å². The van der Waals surface area contributed by atoms with E-state index in [-0.39, 0.29) is 17.1 Å². The molecule has 1 heterocycles. The number of aromatic nitrogens is 1. The SMILES string of the molecule is CSCC(C)CNC(=O)c1cc([N+](=O)[O-])cnc1N. The first-order valence-corrected chi connectivity index (χ1v) is 7.02. The van der Waals surface area contributed by atoms with Gasteiger partial charge >= 0.3 is 0 Å². The van der Waals surface area contributed by atoms with Gasteiger partial charge in [-0.25, -0.2) is 4.98 Å². The Balaban J connectivity index is 2.76. The van der Waals surface area contributed by atoms with E-state index in [1.165, 1.54) is 0 Å². The van der Waals surface area contributed by atoms with Crippen molar-refractivity contribution in [3.8, 4) is 0 Å². The van der Waals surface area contributed by atoms with Crippen LogP contribution in [0.15, 0.2) is 12.3 Å². The van der Waals surface area contributed by atoms with Crippen LogP contribution in [0.1, 0.15) is 17.3 Å². The second kappa shape index (κ2) is 6.93. The van der Waals surface area contributed by atoms with Gasteiger partial charge in [0.2, 0.25) is 0 Å². The molecule has 1 aromatic rings. The van der Waals surface area contributed by atoms with Crippen molar-refractivity contribution in [1.29, 1.82) is 0 Å². The van der Waals surface area contributed by atoms with Gasteiger partial charge in [-0.3, -0.25) is 14.9 Å². The molecule has 0 radical (unpaired) electrons. The normalized spacial score (nSPS) is 11.9. The zero-order valence-corrected chi connectivity index (χ0v) is 11.6. The number of nitrogens with zero attached hydrogens (tertiary/aromatic N) is 2. The zero-order valence-electron chi connectivity index (χ0n) is 10.8. The topological polar surface area (TPSA) is 111 Å². The molecule has 0 aliphatic heterocycles. The van der Waals surface area contributed by atoms with Gasteiger partial charge in [-0.05, 0) is 17.9 Å². The van der Waals surface area contributed by atoms with Crippen molar-refractivity contribution in [3.63, 3.8) is 0 Å². The third-order valence-corrected chi connectivity index (χ3v) is 3.32. The Morgan fingerprint density at radius 2 is 2.37 bits per heavy atom. The summed E-state index contributed by atoms with van der Waals surface area (Å²) in [6.07, 6.45) is 3.02. The Labute approximate surface area is 115 Å². The summed E-state index contributed by atoms with van der Waals surface area (Å²) in [6.45, 7) is 2.49. The van der Waals surface area contributed by atoms with E-state index in [2.05, 4.69) is 10.3 Å². The van der Waals surface area contributed by atoms with E-state index in [4.69, 9.17) is 5.73 Å². The monoisotopic (exact) mass is 284 g/mol. The van der Waals surface area contributed by atoms with E-state index < -0.39 is 10.8 Å². The number of pyridine rings is 1. The molecule has 104 valence electrons. The van der Waals surface area contributed by atoms with Crippen molar-refractivity contribution in [2.75, 3.05) is 24.3 Å². The number of anilines is 1. The Morgan fingerprint density at radius 1 is 1.68 bits per heavy atom. The molecule has 0 aliphatic rings. The average Bonchev–Trinajstić information content (AvgIpc) is 2.36. The lowest BCUT2D eigenvalue weighted by Gasteiger charge is -2.11. The first-order valence-electron chi connectivity index (χ1n) is 5.62. The number of thioether (sulfide) groups is 1. The maximum Gasteiger partial charge on any atom is 0.288 e. The number of nitrogens with two attached hydrogens (primary N) is 1. The molecule has 0 fully saturated rings. The van der Waals surface area contributed by atoms with Gasteiger partial charge in [0.15, 0.2) is 0 Å². The van der Waals surface area contributed by atoms with Gasteiger partial charge in [0.05, 0.1) is 10.5 Å².